The zero-order valence-corrected chi connectivity index (χ0v) is 33.2. The summed E-state index contributed by atoms with van der Waals surface area (Å²) in [6.07, 6.45) is 6.13. The standard InChI is InChI=1S/C57H41N/c1-30-16-40-20-38-26-50-36(28-52(38)54(40)56-46-10-6-4-8-32(46)24-48(30)56)18-34-22-42(12-14-44(34)50)58(3)43-13-15-45-35(23-43)19-37-29-53-39(27-51(37)45)21-41-17-31(2)49-25-33-9-5-7-11-47(33)57(49)55(41)53/h4-17,22-23,26-29H,18-21,24-25H2,1-3H3. The maximum atomic E-state index is 2.55. The van der Waals surface area contributed by atoms with Crippen molar-refractivity contribution >= 4 is 11.4 Å². The number of aryl methyl sites for hydroxylation is 2. The van der Waals surface area contributed by atoms with E-state index < -0.39 is 0 Å². The van der Waals surface area contributed by atoms with Crippen molar-refractivity contribution in [1.82, 2.24) is 0 Å². The van der Waals surface area contributed by atoms with Crippen LogP contribution in [0.5, 0.6) is 0 Å². The van der Waals surface area contributed by atoms with Gasteiger partial charge in [0.25, 0.3) is 0 Å². The van der Waals surface area contributed by atoms with Gasteiger partial charge in [-0.2, -0.15) is 0 Å². The van der Waals surface area contributed by atoms with Crippen LogP contribution in [0.4, 0.5) is 11.4 Å². The van der Waals surface area contributed by atoms with Crippen LogP contribution in [-0.2, 0) is 38.5 Å². The molecular formula is C57H41N. The third kappa shape index (κ3) is 4.06. The Kier molecular flexibility index (Phi) is 5.96. The van der Waals surface area contributed by atoms with Gasteiger partial charge in [0.05, 0.1) is 0 Å². The van der Waals surface area contributed by atoms with Crippen molar-refractivity contribution in [2.24, 2.45) is 0 Å². The van der Waals surface area contributed by atoms with Gasteiger partial charge in [-0.25, -0.2) is 0 Å². The highest BCUT2D eigenvalue weighted by Crippen LogP contribution is 2.55. The number of nitrogens with zero attached hydrogens (tertiary/aromatic N) is 1. The Morgan fingerprint density at radius 2 is 0.707 bits per heavy atom. The molecule has 0 N–H and O–H groups in total. The van der Waals surface area contributed by atoms with Gasteiger partial charge in [0.1, 0.15) is 0 Å². The van der Waals surface area contributed by atoms with E-state index in [1.165, 1.54) is 156 Å². The minimum atomic E-state index is 0.987. The number of benzene rings is 8. The lowest BCUT2D eigenvalue weighted by Crippen LogP contribution is -2.10. The first-order chi connectivity index (χ1) is 28.4. The quantitative estimate of drug-likeness (QED) is 0.171. The van der Waals surface area contributed by atoms with Crippen LogP contribution in [-0.4, -0.2) is 7.05 Å². The van der Waals surface area contributed by atoms with Crippen molar-refractivity contribution in [2.75, 3.05) is 11.9 Å². The fourth-order valence-corrected chi connectivity index (χ4v) is 12.3. The van der Waals surface area contributed by atoms with Gasteiger partial charge in [0, 0.05) is 18.4 Å². The first-order valence-electron chi connectivity index (χ1n) is 21.2. The van der Waals surface area contributed by atoms with Crippen LogP contribution in [0, 0.1) is 13.8 Å². The summed E-state index contributed by atoms with van der Waals surface area (Å²) in [5.74, 6) is 0. The monoisotopic (exact) mass is 739 g/mol. The van der Waals surface area contributed by atoms with E-state index in [1.54, 1.807) is 0 Å². The molecule has 0 aliphatic heterocycles. The molecular weight excluding hydrogens is 699 g/mol. The molecule has 0 saturated heterocycles. The zero-order valence-electron chi connectivity index (χ0n) is 33.2. The van der Waals surface area contributed by atoms with Crippen molar-refractivity contribution in [3.05, 3.63) is 199 Å². The zero-order chi connectivity index (χ0) is 38.1. The molecule has 58 heavy (non-hydrogen) atoms. The largest absolute Gasteiger partial charge is 0.345 e. The number of fused-ring (bicyclic) bond motifs is 20. The second-order valence-corrected chi connectivity index (χ2v) is 18.1. The molecule has 0 fully saturated rings. The molecule has 274 valence electrons. The van der Waals surface area contributed by atoms with Crippen LogP contribution < -0.4 is 4.90 Å². The molecule has 6 aliphatic rings. The minimum Gasteiger partial charge on any atom is -0.345 e. The summed E-state index contributed by atoms with van der Waals surface area (Å²) in [4.78, 5) is 2.39. The maximum absolute atomic E-state index is 2.55. The maximum Gasteiger partial charge on any atom is 0.0411 e. The summed E-state index contributed by atoms with van der Waals surface area (Å²) in [5, 5.41) is 0. The van der Waals surface area contributed by atoms with Crippen LogP contribution in [0.15, 0.2) is 121 Å². The van der Waals surface area contributed by atoms with Crippen molar-refractivity contribution in [1.29, 1.82) is 0 Å². The van der Waals surface area contributed by atoms with Crippen molar-refractivity contribution in [3.8, 4) is 66.8 Å². The molecule has 0 radical (unpaired) electrons. The Bertz CT molecular complexity index is 3040. The second kappa shape index (κ2) is 10.9. The van der Waals surface area contributed by atoms with Gasteiger partial charge < -0.3 is 4.90 Å². The summed E-state index contributed by atoms with van der Waals surface area (Å²) in [7, 11) is 2.24. The topological polar surface area (TPSA) is 3.24 Å². The highest BCUT2D eigenvalue weighted by molar-refractivity contribution is 5.99. The molecule has 0 spiro atoms. The van der Waals surface area contributed by atoms with E-state index in [2.05, 4.69) is 147 Å². The van der Waals surface area contributed by atoms with E-state index in [9.17, 15) is 0 Å². The van der Waals surface area contributed by atoms with E-state index in [-0.39, 0.29) is 0 Å². The molecule has 1 heteroatoms. The predicted molar refractivity (Wildman–Crippen MR) is 240 cm³/mol. The third-order valence-electron chi connectivity index (χ3n) is 15.0. The highest BCUT2D eigenvalue weighted by Gasteiger charge is 2.34. The smallest absolute Gasteiger partial charge is 0.0411 e. The number of anilines is 2. The van der Waals surface area contributed by atoms with E-state index in [0.717, 1.165) is 38.5 Å². The van der Waals surface area contributed by atoms with Crippen molar-refractivity contribution in [3.63, 3.8) is 0 Å². The van der Waals surface area contributed by atoms with Gasteiger partial charge in [-0.15, -0.1) is 0 Å². The summed E-state index contributed by atoms with van der Waals surface area (Å²) in [6.45, 7) is 4.63. The van der Waals surface area contributed by atoms with Crippen molar-refractivity contribution in [2.45, 2.75) is 52.4 Å². The van der Waals surface area contributed by atoms with Crippen LogP contribution in [0.25, 0.3) is 66.8 Å². The third-order valence-corrected chi connectivity index (χ3v) is 15.0. The van der Waals surface area contributed by atoms with E-state index in [1.807, 2.05) is 0 Å². The molecule has 14 rings (SSSR count). The molecule has 0 heterocycles. The minimum absolute atomic E-state index is 0.987. The Balaban J connectivity index is 0.771. The number of hydrogen-bond acceptors (Lipinski definition) is 1. The van der Waals surface area contributed by atoms with Gasteiger partial charge in [-0.05, 0) is 246 Å². The molecule has 0 saturated carbocycles. The Morgan fingerprint density at radius 3 is 1.19 bits per heavy atom. The molecule has 6 aliphatic carbocycles. The Labute approximate surface area is 340 Å². The first kappa shape index (κ1) is 31.6. The van der Waals surface area contributed by atoms with Crippen LogP contribution in [0.3, 0.4) is 0 Å². The lowest BCUT2D eigenvalue weighted by Gasteiger charge is -2.21. The Hall–Kier alpha value is -6.44. The summed E-state index contributed by atoms with van der Waals surface area (Å²) in [6, 6.07) is 47.6. The number of rotatable bonds is 2. The van der Waals surface area contributed by atoms with Crippen LogP contribution in [0.2, 0.25) is 0 Å². The van der Waals surface area contributed by atoms with Gasteiger partial charge in [-0.3, -0.25) is 0 Å². The van der Waals surface area contributed by atoms with Gasteiger partial charge >= 0.3 is 0 Å². The van der Waals surface area contributed by atoms with Crippen LogP contribution in [0.1, 0.15) is 77.9 Å². The predicted octanol–water partition coefficient (Wildman–Crippen LogP) is 13.5. The number of hydrogen-bond donors (Lipinski definition) is 0. The highest BCUT2D eigenvalue weighted by atomic mass is 15.1. The summed E-state index contributed by atoms with van der Waals surface area (Å²) >= 11 is 0. The molecule has 0 bridgehead atoms. The molecule has 8 aromatic carbocycles. The molecule has 0 aromatic heterocycles. The van der Waals surface area contributed by atoms with E-state index in [4.69, 9.17) is 0 Å². The lowest BCUT2D eigenvalue weighted by molar-refractivity contribution is 1.17. The molecule has 8 aromatic rings. The molecule has 0 unspecified atom stereocenters. The van der Waals surface area contributed by atoms with Gasteiger partial charge in [0.2, 0.25) is 0 Å². The lowest BCUT2D eigenvalue weighted by atomic mass is 9.90. The average molecular weight is 740 g/mol. The van der Waals surface area contributed by atoms with Crippen molar-refractivity contribution < 1.29 is 0 Å². The fourth-order valence-electron chi connectivity index (χ4n) is 12.3. The first-order valence-corrected chi connectivity index (χ1v) is 21.2. The molecule has 1 nitrogen and oxygen atoms in total. The Morgan fingerprint density at radius 1 is 0.310 bits per heavy atom. The SMILES string of the molecule is Cc1cc2c(c3c1Cc1ccccc1-3)-c1cc3c(cc1C2)-c1ccc(N(C)c2ccc4c(c2)Cc2cc5c(cc2-4)Cc2cc(C)c4c(c2-5)-c2ccccc2C4)cc1C3. The summed E-state index contributed by atoms with van der Waals surface area (Å²) < 4.78 is 0. The van der Waals surface area contributed by atoms with Gasteiger partial charge in [0.15, 0.2) is 0 Å². The van der Waals surface area contributed by atoms with E-state index >= 15 is 0 Å². The fraction of sp³-hybridized carbons (Fsp3) is 0.158. The normalized spacial score (nSPS) is 14.4. The van der Waals surface area contributed by atoms with Crippen LogP contribution >= 0.6 is 0 Å². The molecule has 0 atom stereocenters. The van der Waals surface area contributed by atoms with E-state index in [0.29, 0.717) is 0 Å². The molecule has 0 amide bonds. The van der Waals surface area contributed by atoms with Gasteiger partial charge in [-0.1, -0.05) is 72.8 Å². The average Bonchev–Trinajstić information content (AvgIpc) is 4.08. The summed E-state index contributed by atoms with van der Waals surface area (Å²) in [5.41, 5.74) is 40.6. The second-order valence-electron chi connectivity index (χ2n) is 18.1.